The van der Waals surface area contributed by atoms with Crippen LogP contribution in [-0.4, -0.2) is 16.0 Å². The molecule has 2 atom stereocenters. The lowest BCUT2D eigenvalue weighted by Gasteiger charge is -2.10. The molecule has 3 nitrogen and oxygen atoms in total. The van der Waals surface area contributed by atoms with Gasteiger partial charge in [0.15, 0.2) is 5.78 Å². The minimum atomic E-state index is -1.34. The molecule has 0 heterocycles. The van der Waals surface area contributed by atoms with Gasteiger partial charge in [0, 0.05) is 38.7 Å². The molecular formula is C24H14Cl6FNO2. The standard InChI is InChI=1S/C24H14Cl6FNO2/c25-13-5-12(6-14(26)8-13)21-22(24(21,29)30)23(34)32-16-3-4-18(27)17(10-16)20(33)7-11-1-2-15(31)9-19(11)28/h1-6,8-10,21-22H,7H2,(H,32,34). The Bertz CT molecular complexity index is 1290. The monoisotopic (exact) mass is 577 g/mol. The number of nitrogens with one attached hydrogen (secondary N) is 1. The van der Waals surface area contributed by atoms with E-state index in [4.69, 9.17) is 69.6 Å². The first-order valence-corrected chi connectivity index (χ1v) is 12.2. The van der Waals surface area contributed by atoms with E-state index in [-0.39, 0.29) is 27.8 Å². The van der Waals surface area contributed by atoms with Crippen molar-refractivity contribution >= 4 is 87.0 Å². The van der Waals surface area contributed by atoms with Crippen molar-refractivity contribution in [1.82, 2.24) is 0 Å². The van der Waals surface area contributed by atoms with Gasteiger partial charge < -0.3 is 5.32 Å². The molecule has 1 saturated carbocycles. The molecule has 2 unspecified atom stereocenters. The molecule has 4 rings (SSSR count). The smallest absolute Gasteiger partial charge is 0.231 e. The topological polar surface area (TPSA) is 46.2 Å². The number of hydrogen-bond donors (Lipinski definition) is 1. The van der Waals surface area contributed by atoms with Crippen LogP contribution < -0.4 is 5.32 Å². The van der Waals surface area contributed by atoms with Crippen LogP contribution in [0.25, 0.3) is 0 Å². The Balaban J connectivity index is 1.52. The number of Topliss-reactive ketones (excluding diaryl/α,β-unsaturated/α-hetero) is 1. The van der Waals surface area contributed by atoms with Crippen LogP contribution in [-0.2, 0) is 11.2 Å². The number of alkyl halides is 2. The summed E-state index contributed by atoms with van der Waals surface area (Å²) in [7, 11) is 0. The average molecular weight is 580 g/mol. The summed E-state index contributed by atoms with van der Waals surface area (Å²) in [6, 6.07) is 13.2. The first-order chi connectivity index (χ1) is 16.0. The van der Waals surface area contributed by atoms with Gasteiger partial charge in [0.2, 0.25) is 5.91 Å². The van der Waals surface area contributed by atoms with Crippen molar-refractivity contribution in [1.29, 1.82) is 0 Å². The van der Waals surface area contributed by atoms with E-state index >= 15 is 0 Å². The van der Waals surface area contributed by atoms with E-state index in [1.54, 1.807) is 24.3 Å². The van der Waals surface area contributed by atoms with Gasteiger partial charge in [0.25, 0.3) is 0 Å². The predicted molar refractivity (Wildman–Crippen MR) is 137 cm³/mol. The van der Waals surface area contributed by atoms with Crippen molar-refractivity contribution in [3.05, 3.63) is 97.2 Å². The van der Waals surface area contributed by atoms with E-state index in [0.29, 0.717) is 26.9 Å². The summed E-state index contributed by atoms with van der Waals surface area (Å²) >= 11 is 37.2. The van der Waals surface area contributed by atoms with E-state index in [1.807, 2.05) is 0 Å². The van der Waals surface area contributed by atoms with Gasteiger partial charge in [-0.3, -0.25) is 9.59 Å². The molecule has 1 amide bonds. The quantitative estimate of drug-likeness (QED) is 0.235. The number of ketones is 1. The van der Waals surface area contributed by atoms with Crippen molar-refractivity contribution in [3.63, 3.8) is 0 Å². The highest BCUT2D eigenvalue weighted by molar-refractivity contribution is 6.53. The first-order valence-electron chi connectivity index (χ1n) is 9.88. The van der Waals surface area contributed by atoms with E-state index in [9.17, 15) is 14.0 Å². The molecule has 34 heavy (non-hydrogen) atoms. The molecule has 0 spiro atoms. The van der Waals surface area contributed by atoms with Gasteiger partial charge in [-0.25, -0.2) is 4.39 Å². The third-order valence-corrected chi connectivity index (χ3v) is 7.54. The average Bonchev–Trinajstić information content (AvgIpc) is 3.33. The number of benzene rings is 3. The maximum absolute atomic E-state index is 13.3. The van der Waals surface area contributed by atoms with Crippen LogP contribution in [0.15, 0.2) is 54.6 Å². The molecule has 176 valence electrons. The Morgan fingerprint density at radius 1 is 0.882 bits per heavy atom. The molecule has 3 aromatic carbocycles. The normalized spacial score (nSPS) is 18.4. The van der Waals surface area contributed by atoms with E-state index in [2.05, 4.69) is 5.32 Å². The van der Waals surface area contributed by atoms with Crippen molar-refractivity contribution < 1.29 is 14.0 Å². The predicted octanol–water partition coefficient (Wildman–Crippen LogP) is 8.39. The zero-order valence-electron chi connectivity index (χ0n) is 17.0. The van der Waals surface area contributed by atoms with Crippen molar-refractivity contribution in [2.75, 3.05) is 5.32 Å². The third kappa shape index (κ3) is 5.33. The van der Waals surface area contributed by atoms with E-state index < -0.39 is 27.9 Å². The number of carbonyl (C=O) groups is 2. The van der Waals surface area contributed by atoms with Crippen LogP contribution in [0.1, 0.15) is 27.4 Å². The van der Waals surface area contributed by atoms with Crippen LogP contribution in [0.2, 0.25) is 20.1 Å². The SMILES string of the molecule is O=C(Cc1ccc(F)cc1Cl)c1cc(NC(=O)C2C(c3cc(Cl)cc(Cl)c3)C2(Cl)Cl)ccc1Cl. The maximum Gasteiger partial charge on any atom is 0.231 e. The number of carbonyl (C=O) groups excluding carboxylic acids is 2. The molecule has 1 aliphatic carbocycles. The number of rotatable bonds is 6. The fraction of sp³-hybridized carbons (Fsp3) is 0.167. The van der Waals surface area contributed by atoms with Crippen LogP contribution >= 0.6 is 69.6 Å². The van der Waals surface area contributed by atoms with Gasteiger partial charge in [0.05, 0.1) is 10.9 Å². The van der Waals surface area contributed by atoms with Crippen LogP contribution in [0.5, 0.6) is 0 Å². The Kier molecular flexibility index (Phi) is 7.40. The lowest BCUT2D eigenvalue weighted by Crippen LogP contribution is -2.17. The zero-order valence-corrected chi connectivity index (χ0v) is 21.6. The third-order valence-electron chi connectivity index (χ3n) is 5.48. The summed E-state index contributed by atoms with van der Waals surface area (Å²) in [5, 5.41) is 3.87. The first kappa shape index (κ1) is 25.6. The maximum atomic E-state index is 13.3. The van der Waals surface area contributed by atoms with Crippen LogP contribution in [0.3, 0.4) is 0 Å². The molecule has 0 aromatic heterocycles. The highest BCUT2D eigenvalue weighted by atomic mass is 35.5. The second-order valence-electron chi connectivity index (χ2n) is 7.85. The molecule has 3 aromatic rings. The molecule has 10 heteroatoms. The lowest BCUT2D eigenvalue weighted by atomic mass is 10.0. The second-order valence-corrected chi connectivity index (χ2v) is 11.0. The number of hydrogen-bond acceptors (Lipinski definition) is 2. The molecule has 0 bridgehead atoms. The van der Waals surface area contributed by atoms with Gasteiger partial charge in [-0.15, -0.1) is 23.2 Å². The molecule has 0 saturated heterocycles. The number of halogens is 7. The second kappa shape index (κ2) is 9.85. The van der Waals surface area contributed by atoms with Crippen molar-refractivity contribution in [3.8, 4) is 0 Å². The number of amides is 1. The molecule has 0 radical (unpaired) electrons. The highest BCUT2D eigenvalue weighted by Crippen LogP contribution is 2.65. The van der Waals surface area contributed by atoms with Gasteiger partial charge >= 0.3 is 0 Å². The Morgan fingerprint density at radius 2 is 1.56 bits per heavy atom. The summed E-state index contributed by atoms with van der Waals surface area (Å²) in [6.45, 7) is 0. The fourth-order valence-corrected chi connectivity index (χ4v) is 5.62. The van der Waals surface area contributed by atoms with Gasteiger partial charge in [-0.05, 0) is 59.7 Å². The highest BCUT2D eigenvalue weighted by Gasteiger charge is 2.67. The van der Waals surface area contributed by atoms with Crippen molar-refractivity contribution in [2.24, 2.45) is 5.92 Å². The minimum absolute atomic E-state index is 0.0943. The summed E-state index contributed by atoms with van der Waals surface area (Å²) in [5.41, 5.74) is 1.61. The zero-order chi connectivity index (χ0) is 24.8. The lowest BCUT2D eigenvalue weighted by molar-refractivity contribution is -0.117. The Morgan fingerprint density at radius 3 is 2.21 bits per heavy atom. The molecule has 1 aliphatic rings. The molecule has 1 N–H and O–H groups in total. The van der Waals surface area contributed by atoms with E-state index in [0.717, 1.165) is 6.07 Å². The van der Waals surface area contributed by atoms with E-state index in [1.165, 1.54) is 24.3 Å². The molecule has 0 aliphatic heterocycles. The van der Waals surface area contributed by atoms with Crippen LogP contribution in [0.4, 0.5) is 10.1 Å². The van der Waals surface area contributed by atoms with Crippen molar-refractivity contribution in [2.45, 2.75) is 16.7 Å². The summed E-state index contributed by atoms with van der Waals surface area (Å²) in [4.78, 5) is 25.8. The van der Waals surface area contributed by atoms with Gasteiger partial charge in [-0.1, -0.05) is 52.5 Å². The van der Waals surface area contributed by atoms with Crippen LogP contribution in [0, 0.1) is 11.7 Å². The molecular weight excluding hydrogens is 566 g/mol. The fourth-order valence-electron chi connectivity index (χ4n) is 3.79. The van der Waals surface area contributed by atoms with Gasteiger partial charge in [0.1, 0.15) is 10.2 Å². The largest absolute Gasteiger partial charge is 0.326 e. The minimum Gasteiger partial charge on any atom is -0.326 e. The summed E-state index contributed by atoms with van der Waals surface area (Å²) in [5.74, 6) is -2.57. The molecule has 1 fully saturated rings. The Hall–Kier alpha value is -1.53. The summed E-state index contributed by atoms with van der Waals surface area (Å²) < 4.78 is 11.9. The summed E-state index contributed by atoms with van der Waals surface area (Å²) in [6.07, 6.45) is -0.0943. The van der Waals surface area contributed by atoms with Gasteiger partial charge in [-0.2, -0.15) is 0 Å². The number of anilines is 1. The Labute approximate surface area is 225 Å².